The minimum Gasteiger partial charge on any atom is -0.497 e. The molecule has 0 aliphatic heterocycles. The minimum absolute atomic E-state index is 0.139. The highest BCUT2D eigenvalue weighted by Gasteiger charge is 2.32. The molecule has 0 radical (unpaired) electrons. The molecule has 1 N–H and O–H groups in total. The molecule has 0 atom stereocenters. The van der Waals surface area contributed by atoms with E-state index < -0.39 is 5.60 Å². The van der Waals surface area contributed by atoms with Gasteiger partial charge >= 0.3 is 6.09 Å². The molecule has 9 nitrogen and oxygen atoms in total. The van der Waals surface area contributed by atoms with E-state index in [1.165, 1.54) is 0 Å². The van der Waals surface area contributed by atoms with E-state index >= 15 is 0 Å². The molecule has 1 aliphatic carbocycles. The van der Waals surface area contributed by atoms with Crippen molar-refractivity contribution in [3.63, 3.8) is 0 Å². The van der Waals surface area contributed by atoms with Crippen LogP contribution in [-0.2, 0) is 11.2 Å². The Hall–Kier alpha value is -3.23. The number of aromatic nitrogens is 5. The number of fused-ring (bicyclic) bond motifs is 1. The van der Waals surface area contributed by atoms with Crippen molar-refractivity contribution in [2.45, 2.75) is 51.7 Å². The van der Waals surface area contributed by atoms with Gasteiger partial charge in [-0.3, -0.25) is 0 Å². The van der Waals surface area contributed by atoms with Crippen LogP contribution in [-0.4, -0.2) is 49.8 Å². The molecule has 1 aliphatic rings. The van der Waals surface area contributed by atoms with E-state index in [-0.39, 0.29) is 12.1 Å². The Balaban J connectivity index is 1.39. The zero-order valence-corrected chi connectivity index (χ0v) is 17.6. The summed E-state index contributed by atoms with van der Waals surface area (Å²) < 4.78 is 12.2. The first-order chi connectivity index (χ1) is 14.3. The van der Waals surface area contributed by atoms with Crippen LogP contribution in [0.1, 0.15) is 39.4 Å². The molecule has 158 valence electrons. The summed E-state index contributed by atoms with van der Waals surface area (Å²) in [5.74, 6) is 1.95. The predicted octanol–water partition coefficient (Wildman–Crippen LogP) is 3.06. The highest BCUT2D eigenvalue weighted by atomic mass is 16.6. The Bertz CT molecular complexity index is 1040. The molecule has 1 fully saturated rings. The van der Waals surface area contributed by atoms with Crippen LogP contribution < -0.4 is 10.1 Å². The van der Waals surface area contributed by atoms with Crippen molar-refractivity contribution in [2.75, 3.05) is 7.11 Å². The molecule has 0 saturated heterocycles. The highest BCUT2D eigenvalue weighted by molar-refractivity contribution is 5.70. The zero-order chi connectivity index (χ0) is 21.3. The molecule has 0 unspecified atom stereocenters. The van der Waals surface area contributed by atoms with E-state index in [0.29, 0.717) is 17.1 Å². The largest absolute Gasteiger partial charge is 0.497 e. The second-order valence-electron chi connectivity index (χ2n) is 8.58. The Morgan fingerprint density at radius 1 is 1.23 bits per heavy atom. The predicted molar refractivity (Wildman–Crippen MR) is 111 cm³/mol. The summed E-state index contributed by atoms with van der Waals surface area (Å²) in [6.45, 7) is 5.57. The first kappa shape index (κ1) is 20.1. The summed E-state index contributed by atoms with van der Waals surface area (Å²) in [7, 11) is 1.63. The van der Waals surface area contributed by atoms with Crippen molar-refractivity contribution in [3.8, 4) is 11.4 Å². The van der Waals surface area contributed by atoms with Crippen molar-refractivity contribution in [2.24, 2.45) is 5.92 Å². The molecule has 0 bridgehead atoms. The SMILES string of the molecule is COc1ccc(-n2nnc3cnc(CC4CC(NC(=O)OC(C)(C)C)C4)nc32)cc1. The second-order valence-corrected chi connectivity index (χ2v) is 8.58. The van der Waals surface area contributed by atoms with Gasteiger partial charge < -0.3 is 14.8 Å². The zero-order valence-electron chi connectivity index (χ0n) is 17.6. The van der Waals surface area contributed by atoms with Gasteiger partial charge in [0.25, 0.3) is 0 Å². The number of alkyl carbamates (subject to hydrolysis) is 1. The Kier molecular flexibility index (Phi) is 5.27. The van der Waals surface area contributed by atoms with Gasteiger partial charge in [-0.15, -0.1) is 5.10 Å². The maximum Gasteiger partial charge on any atom is 0.407 e. The molecular formula is C21H26N6O3. The van der Waals surface area contributed by atoms with Gasteiger partial charge in [-0.2, -0.15) is 4.68 Å². The van der Waals surface area contributed by atoms with Crippen LogP contribution in [0.5, 0.6) is 5.75 Å². The van der Waals surface area contributed by atoms with Gasteiger partial charge in [-0.1, -0.05) is 5.21 Å². The number of nitrogens with zero attached hydrogens (tertiary/aromatic N) is 5. The van der Waals surface area contributed by atoms with Gasteiger partial charge in [0.15, 0.2) is 11.2 Å². The molecule has 3 aromatic rings. The minimum atomic E-state index is -0.489. The van der Waals surface area contributed by atoms with Crippen molar-refractivity contribution < 1.29 is 14.3 Å². The summed E-state index contributed by atoms with van der Waals surface area (Å²) in [5, 5.41) is 11.3. The average Bonchev–Trinajstić information content (AvgIpc) is 3.08. The Morgan fingerprint density at radius 2 is 1.97 bits per heavy atom. The fourth-order valence-corrected chi connectivity index (χ4v) is 3.51. The maximum absolute atomic E-state index is 11.9. The quantitative estimate of drug-likeness (QED) is 0.689. The van der Waals surface area contributed by atoms with Crippen molar-refractivity contribution >= 4 is 17.3 Å². The summed E-state index contributed by atoms with van der Waals surface area (Å²) >= 11 is 0. The van der Waals surface area contributed by atoms with Crippen LogP contribution in [0.25, 0.3) is 16.9 Å². The number of benzene rings is 1. The summed E-state index contributed by atoms with van der Waals surface area (Å²) in [6.07, 6.45) is 3.86. The number of methoxy groups -OCH3 is 1. The fourth-order valence-electron chi connectivity index (χ4n) is 3.51. The third kappa shape index (κ3) is 4.50. The summed E-state index contributed by atoms with van der Waals surface area (Å²) in [5.41, 5.74) is 1.69. The lowest BCUT2D eigenvalue weighted by molar-refractivity contribution is 0.0452. The second kappa shape index (κ2) is 7.89. The molecule has 0 spiro atoms. The number of amides is 1. The van der Waals surface area contributed by atoms with Crippen LogP contribution in [0.2, 0.25) is 0 Å². The van der Waals surface area contributed by atoms with E-state index in [1.807, 2.05) is 45.0 Å². The first-order valence-corrected chi connectivity index (χ1v) is 10.0. The topological polar surface area (TPSA) is 104 Å². The molecule has 30 heavy (non-hydrogen) atoms. The molecular weight excluding hydrogens is 384 g/mol. The number of ether oxygens (including phenoxy) is 2. The Morgan fingerprint density at radius 3 is 2.63 bits per heavy atom. The fraction of sp³-hybridized carbons (Fsp3) is 0.476. The first-order valence-electron chi connectivity index (χ1n) is 10.0. The number of hydrogen-bond donors (Lipinski definition) is 1. The van der Waals surface area contributed by atoms with E-state index in [9.17, 15) is 4.79 Å². The third-order valence-corrected chi connectivity index (χ3v) is 4.99. The molecule has 4 rings (SSSR count). The number of nitrogens with one attached hydrogen (secondary N) is 1. The Labute approximate surface area is 174 Å². The monoisotopic (exact) mass is 410 g/mol. The molecule has 9 heteroatoms. The van der Waals surface area contributed by atoms with Crippen LogP contribution in [0, 0.1) is 5.92 Å². The number of carbonyl (C=O) groups excluding carboxylic acids is 1. The molecule has 1 aromatic carbocycles. The lowest BCUT2D eigenvalue weighted by atomic mass is 9.78. The average molecular weight is 410 g/mol. The molecule has 2 aromatic heterocycles. The van der Waals surface area contributed by atoms with Crippen molar-refractivity contribution in [3.05, 3.63) is 36.3 Å². The smallest absolute Gasteiger partial charge is 0.407 e. The molecule has 2 heterocycles. The van der Waals surface area contributed by atoms with E-state index in [1.54, 1.807) is 18.0 Å². The summed E-state index contributed by atoms with van der Waals surface area (Å²) in [6, 6.07) is 7.70. The number of hydrogen-bond acceptors (Lipinski definition) is 7. The van der Waals surface area contributed by atoms with E-state index in [2.05, 4.69) is 20.6 Å². The van der Waals surface area contributed by atoms with Gasteiger partial charge in [-0.25, -0.2) is 14.8 Å². The van der Waals surface area contributed by atoms with E-state index in [0.717, 1.165) is 36.5 Å². The number of carbonyl (C=O) groups is 1. The number of rotatable bonds is 5. The summed E-state index contributed by atoms with van der Waals surface area (Å²) in [4.78, 5) is 21.0. The standard InChI is InChI=1S/C21H26N6O3/c1-21(2,3)30-20(28)23-14-9-13(10-14)11-18-22-12-17-19(24-18)27(26-25-17)15-5-7-16(29-4)8-6-15/h5-8,12-14H,9-11H2,1-4H3,(H,23,28). The maximum atomic E-state index is 11.9. The van der Waals surface area contributed by atoms with E-state index in [4.69, 9.17) is 14.5 Å². The van der Waals surface area contributed by atoms with Gasteiger partial charge in [0.05, 0.1) is 19.0 Å². The van der Waals surface area contributed by atoms with Gasteiger partial charge in [-0.05, 0) is 63.8 Å². The lowest BCUT2D eigenvalue weighted by Crippen LogP contribution is -2.46. The normalized spacial score (nSPS) is 18.7. The third-order valence-electron chi connectivity index (χ3n) is 4.99. The lowest BCUT2D eigenvalue weighted by Gasteiger charge is -2.35. The van der Waals surface area contributed by atoms with Gasteiger partial charge in [0, 0.05) is 12.5 Å². The van der Waals surface area contributed by atoms with Crippen LogP contribution in [0.3, 0.4) is 0 Å². The molecule has 1 amide bonds. The molecule has 1 saturated carbocycles. The van der Waals surface area contributed by atoms with Gasteiger partial charge in [0.2, 0.25) is 0 Å². The van der Waals surface area contributed by atoms with Gasteiger partial charge in [0.1, 0.15) is 17.2 Å². The van der Waals surface area contributed by atoms with Crippen molar-refractivity contribution in [1.82, 2.24) is 30.3 Å². The van der Waals surface area contributed by atoms with Crippen molar-refractivity contribution in [1.29, 1.82) is 0 Å². The van der Waals surface area contributed by atoms with Crippen LogP contribution >= 0.6 is 0 Å². The van der Waals surface area contributed by atoms with Crippen LogP contribution in [0.4, 0.5) is 4.79 Å². The van der Waals surface area contributed by atoms with Crippen LogP contribution in [0.15, 0.2) is 30.5 Å². The highest BCUT2D eigenvalue weighted by Crippen LogP contribution is 2.30.